The van der Waals surface area contributed by atoms with Crippen LogP contribution in [0.5, 0.6) is 0 Å². The van der Waals surface area contributed by atoms with Crippen molar-refractivity contribution in [3.05, 3.63) is 23.3 Å². The third kappa shape index (κ3) is 2.85. The maximum Gasteiger partial charge on any atom is 0.139 e. The molecule has 0 aliphatic heterocycles. The van der Waals surface area contributed by atoms with E-state index >= 15 is 0 Å². The van der Waals surface area contributed by atoms with Crippen LogP contribution in [0, 0.1) is 19.8 Å². The van der Waals surface area contributed by atoms with Gasteiger partial charge in [-0.05, 0) is 32.8 Å². The SMILES string of the molecule is CC(=O)C(c1cc(C)nc(C)n1)C(C)C. The van der Waals surface area contributed by atoms with Crippen molar-refractivity contribution < 1.29 is 4.79 Å². The van der Waals surface area contributed by atoms with Gasteiger partial charge < -0.3 is 0 Å². The molecular weight excluding hydrogens is 188 g/mol. The molecule has 0 aliphatic rings. The monoisotopic (exact) mass is 206 g/mol. The third-order valence-electron chi connectivity index (χ3n) is 2.41. The molecule has 0 saturated carbocycles. The molecule has 1 atom stereocenters. The highest BCUT2D eigenvalue weighted by molar-refractivity contribution is 5.83. The van der Waals surface area contributed by atoms with Crippen LogP contribution in [0.4, 0.5) is 0 Å². The van der Waals surface area contributed by atoms with E-state index in [-0.39, 0.29) is 17.6 Å². The zero-order valence-corrected chi connectivity index (χ0v) is 10.0. The highest BCUT2D eigenvalue weighted by Crippen LogP contribution is 2.24. The van der Waals surface area contributed by atoms with Crippen LogP contribution in [-0.4, -0.2) is 15.8 Å². The average molecular weight is 206 g/mol. The van der Waals surface area contributed by atoms with Crippen molar-refractivity contribution in [1.29, 1.82) is 0 Å². The van der Waals surface area contributed by atoms with E-state index < -0.39 is 0 Å². The summed E-state index contributed by atoms with van der Waals surface area (Å²) < 4.78 is 0. The quantitative estimate of drug-likeness (QED) is 0.762. The third-order valence-corrected chi connectivity index (χ3v) is 2.41. The first kappa shape index (κ1) is 11.8. The number of hydrogen-bond donors (Lipinski definition) is 0. The van der Waals surface area contributed by atoms with E-state index in [0.717, 1.165) is 17.2 Å². The topological polar surface area (TPSA) is 42.9 Å². The molecule has 0 aliphatic carbocycles. The molecular formula is C12H18N2O. The minimum atomic E-state index is -0.106. The first-order valence-electron chi connectivity index (χ1n) is 5.24. The predicted molar refractivity (Wildman–Crippen MR) is 59.8 cm³/mol. The number of carbonyl (C=O) groups is 1. The zero-order valence-electron chi connectivity index (χ0n) is 10.0. The lowest BCUT2D eigenvalue weighted by Gasteiger charge is -2.17. The summed E-state index contributed by atoms with van der Waals surface area (Å²) in [7, 11) is 0. The molecule has 1 aromatic rings. The Labute approximate surface area is 91.0 Å². The lowest BCUT2D eigenvalue weighted by atomic mass is 9.88. The molecule has 1 heterocycles. The van der Waals surface area contributed by atoms with Crippen molar-refractivity contribution in [3.63, 3.8) is 0 Å². The van der Waals surface area contributed by atoms with Gasteiger partial charge in [0.15, 0.2) is 0 Å². The van der Waals surface area contributed by atoms with Crippen molar-refractivity contribution >= 4 is 5.78 Å². The molecule has 0 radical (unpaired) electrons. The van der Waals surface area contributed by atoms with E-state index in [1.807, 2.05) is 33.8 Å². The molecule has 3 heteroatoms. The minimum absolute atomic E-state index is 0.106. The highest BCUT2D eigenvalue weighted by atomic mass is 16.1. The Kier molecular flexibility index (Phi) is 3.56. The van der Waals surface area contributed by atoms with E-state index in [1.165, 1.54) is 0 Å². The lowest BCUT2D eigenvalue weighted by molar-refractivity contribution is -0.119. The summed E-state index contributed by atoms with van der Waals surface area (Å²) in [5.41, 5.74) is 1.77. The average Bonchev–Trinajstić information content (AvgIpc) is 1.99. The Hall–Kier alpha value is -1.25. The molecule has 0 N–H and O–H groups in total. The Bertz CT molecular complexity index is 352. The van der Waals surface area contributed by atoms with E-state index in [4.69, 9.17) is 0 Å². The first-order chi connectivity index (χ1) is 6.91. The number of aryl methyl sites for hydroxylation is 2. The fraction of sp³-hybridized carbons (Fsp3) is 0.583. The van der Waals surface area contributed by atoms with Crippen LogP contribution in [0.3, 0.4) is 0 Å². The van der Waals surface area contributed by atoms with Gasteiger partial charge in [-0.2, -0.15) is 0 Å². The second kappa shape index (κ2) is 4.51. The van der Waals surface area contributed by atoms with Gasteiger partial charge in [0, 0.05) is 5.69 Å². The second-order valence-corrected chi connectivity index (χ2v) is 4.31. The lowest BCUT2D eigenvalue weighted by Crippen LogP contribution is -2.17. The fourth-order valence-electron chi connectivity index (χ4n) is 1.92. The number of hydrogen-bond acceptors (Lipinski definition) is 3. The van der Waals surface area contributed by atoms with Gasteiger partial charge in [0.1, 0.15) is 11.6 Å². The van der Waals surface area contributed by atoms with Crippen molar-refractivity contribution in [2.75, 3.05) is 0 Å². The molecule has 0 saturated heterocycles. The molecule has 1 rings (SSSR count). The normalized spacial score (nSPS) is 12.9. The maximum absolute atomic E-state index is 11.5. The van der Waals surface area contributed by atoms with Crippen molar-refractivity contribution in [2.45, 2.75) is 40.5 Å². The van der Waals surface area contributed by atoms with Gasteiger partial charge in [-0.25, -0.2) is 9.97 Å². The zero-order chi connectivity index (χ0) is 11.6. The smallest absolute Gasteiger partial charge is 0.139 e. The van der Waals surface area contributed by atoms with Crippen LogP contribution in [0.2, 0.25) is 0 Å². The Balaban J connectivity index is 3.17. The molecule has 82 valence electrons. The molecule has 0 fully saturated rings. The summed E-state index contributed by atoms with van der Waals surface area (Å²) in [4.78, 5) is 20.1. The maximum atomic E-state index is 11.5. The summed E-state index contributed by atoms with van der Waals surface area (Å²) >= 11 is 0. The van der Waals surface area contributed by atoms with Gasteiger partial charge in [0.2, 0.25) is 0 Å². The van der Waals surface area contributed by atoms with Gasteiger partial charge in [0.05, 0.1) is 11.6 Å². The van der Waals surface area contributed by atoms with Gasteiger partial charge in [0.25, 0.3) is 0 Å². The van der Waals surface area contributed by atoms with Crippen LogP contribution in [-0.2, 0) is 4.79 Å². The molecule has 1 aromatic heterocycles. The molecule has 15 heavy (non-hydrogen) atoms. The van der Waals surface area contributed by atoms with Gasteiger partial charge in [-0.3, -0.25) is 4.79 Å². The van der Waals surface area contributed by atoms with Crippen molar-refractivity contribution in [3.8, 4) is 0 Å². The van der Waals surface area contributed by atoms with Gasteiger partial charge in [-0.15, -0.1) is 0 Å². The van der Waals surface area contributed by atoms with Crippen LogP contribution in [0.1, 0.15) is 43.9 Å². The number of aromatic nitrogens is 2. The summed E-state index contributed by atoms with van der Waals surface area (Å²) in [6.45, 7) is 9.48. The van der Waals surface area contributed by atoms with Crippen LogP contribution in [0.15, 0.2) is 6.07 Å². The number of nitrogens with zero attached hydrogens (tertiary/aromatic N) is 2. The van der Waals surface area contributed by atoms with E-state index in [1.54, 1.807) is 6.92 Å². The molecule has 0 aromatic carbocycles. The number of rotatable bonds is 3. The summed E-state index contributed by atoms with van der Waals surface area (Å²) in [5, 5.41) is 0. The fourth-order valence-corrected chi connectivity index (χ4v) is 1.92. The summed E-state index contributed by atoms with van der Waals surface area (Å²) in [6, 6.07) is 1.90. The molecule has 3 nitrogen and oxygen atoms in total. The number of Topliss-reactive ketones (excluding diaryl/α,β-unsaturated/α-hetero) is 1. The van der Waals surface area contributed by atoms with E-state index in [9.17, 15) is 4.79 Å². The van der Waals surface area contributed by atoms with E-state index in [0.29, 0.717) is 0 Å². The van der Waals surface area contributed by atoms with E-state index in [2.05, 4.69) is 9.97 Å². The summed E-state index contributed by atoms with van der Waals surface area (Å²) in [5.74, 6) is 1.07. The molecule has 0 spiro atoms. The predicted octanol–water partition coefficient (Wildman–Crippen LogP) is 2.42. The first-order valence-corrected chi connectivity index (χ1v) is 5.24. The van der Waals surface area contributed by atoms with Crippen LogP contribution < -0.4 is 0 Å². The van der Waals surface area contributed by atoms with Gasteiger partial charge in [-0.1, -0.05) is 13.8 Å². The second-order valence-electron chi connectivity index (χ2n) is 4.31. The van der Waals surface area contributed by atoms with Crippen LogP contribution in [0.25, 0.3) is 0 Å². The Morgan fingerprint density at radius 2 is 1.87 bits per heavy atom. The minimum Gasteiger partial charge on any atom is -0.299 e. The Morgan fingerprint density at radius 1 is 1.27 bits per heavy atom. The van der Waals surface area contributed by atoms with Crippen molar-refractivity contribution in [1.82, 2.24) is 9.97 Å². The van der Waals surface area contributed by atoms with Crippen molar-refractivity contribution in [2.24, 2.45) is 5.92 Å². The highest BCUT2D eigenvalue weighted by Gasteiger charge is 2.22. The number of carbonyl (C=O) groups excluding carboxylic acids is 1. The standard InChI is InChI=1S/C12H18N2O/c1-7(2)12(9(4)15)11-6-8(3)13-10(5)14-11/h6-7,12H,1-5H3. The largest absolute Gasteiger partial charge is 0.299 e. The molecule has 0 bridgehead atoms. The van der Waals surface area contributed by atoms with Crippen LogP contribution >= 0.6 is 0 Å². The molecule has 0 amide bonds. The number of ketones is 1. The van der Waals surface area contributed by atoms with Gasteiger partial charge >= 0.3 is 0 Å². The molecule has 1 unspecified atom stereocenters. The summed E-state index contributed by atoms with van der Waals surface area (Å²) in [6.07, 6.45) is 0. The Morgan fingerprint density at radius 3 is 2.27 bits per heavy atom.